The van der Waals surface area contributed by atoms with Crippen LogP contribution in [0, 0.1) is 6.92 Å². The fraction of sp³-hybridized carbons (Fsp3) is 0.227. The predicted octanol–water partition coefficient (Wildman–Crippen LogP) is 5.56. The predicted molar refractivity (Wildman–Crippen MR) is 120 cm³/mol. The van der Waals surface area contributed by atoms with Crippen LogP contribution in [0.5, 0.6) is 17.2 Å². The van der Waals surface area contributed by atoms with Crippen LogP contribution < -0.4 is 14.2 Å². The topological polar surface area (TPSA) is 79.5 Å². The van der Waals surface area contributed by atoms with Gasteiger partial charge in [-0.25, -0.2) is 0 Å². The van der Waals surface area contributed by atoms with Crippen molar-refractivity contribution >= 4 is 34.3 Å². The van der Waals surface area contributed by atoms with Gasteiger partial charge in [-0.2, -0.15) is 0 Å². The van der Waals surface area contributed by atoms with Crippen molar-refractivity contribution in [3.8, 4) is 28.7 Å². The normalized spacial score (nSPS) is 11.0. The molecule has 2 aromatic heterocycles. The molecule has 0 amide bonds. The number of hydrogen-bond donors (Lipinski definition) is 0. The third-order valence-corrected chi connectivity index (χ3v) is 6.13. The molecule has 2 aromatic carbocycles. The van der Waals surface area contributed by atoms with Crippen LogP contribution in [-0.2, 0) is 5.75 Å². The molecule has 0 saturated carbocycles. The molecule has 4 rings (SSSR count). The molecule has 31 heavy (non-hydrogen) atoms. The van der Waals surface area contributed by atoms with E-state index >= 15 is 0 Å². The van der Waals surface area contributed by atoms with E-state index in [0.717, 1.165) is 22.2 Å². The third-order valence-electron chi connectivity index (χ3n) is 4.80. The van der Waals surface area contributed by atoms with E-state index in [9.17, 15) is 0 Å². The number of aromatic nitrogens is 3. The summed E-state index contributed by atoms with van der Waals surface area (Å²) in [6, 6.07) is 11.4. The Morgan fingerprint density at radius 3 is 2.39 bits per heavy atom. The highest BCUT2D eigenvalue weighted by Crippen LogP contribution is 2.41. The summed E-state index contributed by atoms with van der Waals surface area (Å²) in [5.74, 6) is 2.35. The Hall–Kier alpha value is -2.97. The molecular formula is C22H20ClN3O4S. The summed E-state index contributed by atoms with van der Waals surface area (Å²) < 4.78 is 22.0. The standard InChI is InChI=1S/C22H20ClN3O4S/c1-12-14-7-5-6-8-15(14)24-16(19(12)23)11-31-22-26-25-21(30-22)13-9-17(27-2)20(29-4)18(10-13)28-3/h5-10H,11H2,1-4H3. The van der Waals surface area contributed by atoms with Gasteiger partial charge in [-0.05, 0) is 30.7 Å². The van der Waals surface area contributed by atoms with Crippen molar-refractivity contribution < 1.29 is 18.6 Å². The first-order chi connectivity index (χ1) is 15.0. The van der Waals surface area contributed by atoms with Crippen molar-refractivity contribution in [1.82, 2.24) is 15.2 Å². The lowest BCUT2D eigenvalue weighted by Gasteiger charge is -2.12. The molecule has 0 spiro atoms. The molecular weight excluding hydrogens is 438 g/mol. The van der Waals surface area contributed by atoms with Crippen molar-refractivity contribution in [2.24, 2.45) is 0 Å². The van der Waals surface area contributed by atoms with E-state index in [-0.39, 0.29) is 0 Å². The highest BCUT2D eigenvalue weighted by atomic mass is 35.5. The quantitative estimate of drug-likeness (QED) is 0.333. The van der Waals surface area contributed by atoms with Crippen LogP contribution >= 0.6 is 23.4 Å². The molecule has 9 heteroatoms. The van der Waals surface area contributed by atoms with Gasteiger partial charge in [0.2, 0.25) is 11.6 Å². The van der Waals surface area contributed by atoms with Gasteiger partial charge in [0.15, 0.2) is 11.5 Å². The van der Waals surface area contributed by atoms with E-state index in [2.05, 4.69) is 10.2 Å². The van der Waals surface area contributed by atoms with Gasteiger partial charge >= 0.3 is 0 Å². The van der Waals surface area contributed by atoms with E-state index in [1.54, 1.807) is 33.5 Å². The number of benzene rings is 2. The van der Waals surface area contributed by atoms with Crippen molar-refractivity contribution in [3.63, 3.8) is 0 Å². The van der Waals surface area contributed by atoms with Crippen LogP contribution in [0.25, 0.3) is 22.4 Å². The molecule has 0 fully saturated rings. The lowest BCUT2D eigenvalue weighted by Crippen LogP contribution is -1.95. The summed E-state index contributed by atoms with van der Waals surface area (Å²) >= 11 is 7.93. The second-order valence-corrected chi connectivity index (χ2v) is 7.89. The molecule has 0 unspecified atom stereocenters. The number of para-hydroxylation sites is 1. The number of rotatable bonds is 7. The fourth-order valence-corrected chi connectivity index (χ4v) is 4.23. The molecule has 0 aliphatic rings. The molecule has 0 atom stereocenters. The van der Waals surface area contributed by atoms with E-state index < -0.39 is 0 Å². The van der Waals surface area contributed by atoms with Gasteiger partial charge in [0.05, 0.1) is 37.6 Å². The first-order valence-electron chi connectivity index (χ1n) is 9.36. The lowest BCUT2D eigenvalue weighted by atomic mass is 10.1. The van der Waals surface area contributed by atoms with E-state index in [4.69, 9.17) is 35.2 Å². The Labute approximate surface area is 188 Å². The van der Waals surface area contributed by atoms with Crippen LogP contribution in [0.1, 0.15) is 11.3 Å². The maximum absolute atomic E-state index is 6.55. The van der Waals surface area contributed by atoms with Crippen molar-refractivity contribution in [1.29, 1.82) is 0 Å². The number of thioether (sulfide) groups is 1. The average molecular weight is 458 g/mol. The van der Waals surface area contributed by atoms with E-state index in [0.29, 0.717) is 44.7 Å². The zero-order chi connectivity index (χ0) is 22.0. The monoisotopic (exact) mass is 457 g/mol. The summed E-state index contributed by atoms with van der Waals surface area (Å²) in [4.78, 5) is 4.69. The zero-order valence-electron chi connectivity index (χ0n) is 17.4. The fourth-order valence-electron chi connectivity index (χ4n) is 3.23. The molecule has 0 radical (unpaired) electrons. The Morgan fingerprint density at radius 1 is 1.00 bits per heavy atom. The largest absolute Gasteiger partial charge is 0.493 e. The van der Waals surface area contributed by atoms with Crippen molar-refractivity contribution in [2.45, 2.75) is 17.9 Å². The number of ether oxygens (including phenoxy) is 3. The van der Waals surface area contributed by atoms with Gasteiger partial charge in [-0.1, -0.05) is 41.6 Å². The Morgan fingerprint density at radius 2 is 1.71 bits per heavy atom. The molecule has 2 heterocycles. The van der Waals surface area contributed by atoms with Gasteiger partial charge in [0.25, 0.3) is 5.22 Å². The maximum Gasteiger partial charge on any atom is 0.277 e. The second-order valence-electron chi connectivity index (χ2n) is 6.59. The molecule has 7 nitrogen and oxygen atoms in total. The second kappa shape index (κ2) is 9.03. The molecule has 0 aliphatic carbocycles. The number of halogens is 1. The summed E-state index contributed by atoms with van der Waals surface area (Å²) in [5.41, 5.74) is 3.34. The molecule has 0 bridgehead atoms. The van der Waals surface area contributed by atoms with Crippen LogP contribution in [0.3, 0.4) is 0 Å². The molecule has 0 aliphatic heterocycles. The minimum absolute atomic E-state index is 0.343. The van der Waals surface area contributed by atoms with Gasteiger partial charge in [-0.3, -0.25) is 4.98 Å². The minimum Gasteiger partial charge on any atom is -0.493 e. The van der Waals surface area contributed by atoms with Gasteiger partial charge < -0.3 is 18.6 Å². The highest BCUT2D eigenvalue weighted by Gasteiger charge is 2.18. The lowest BCUT2D eigenvalue weighted by molar-refractivity contribution is 0.324. The number of hydrogen-bond acceptors (Lipinski definition) is 8. The number of fused-ring (bicyclic) bond motifs is 1. The first kappa shape index (κ1) is 21.3. The van der Waals surface area contributed by atoms with Gasteiger partial charge in [0, 0.05) is 16.7 Å². The molecule has 0 N–H and O–H groups in total. The van der Waals surface area contributed by atoms with Crippen LogP contribution in [-0.4, -0.2) is 36.5 Å². The molecule has 0 saturated heterocycles. The molecule has 160 valence electrons. The average Bonchev–Trinajstić information content (AvgIpc) is 3.28. The number of aryl methyl sites for hydroxylation is 1. The number of methoxy groups -OCH3 is 3. The van der Waals surface area contributed by atoms with E-state index in [1.807, 2.05) is 31.2 Å². The SMILES string of the molecule is COc1cc(-c2nnc(SCc3nc4ccccc4c(C)c3Cl)o2)cc(OC)c1OC. The summed E-state index contributed by atoms with van der Waals surface area (Å²) in [6.45, 7) is 2.00. The Kier molecular flexibility index (Phi) is 6.20. The minimum atomic E-state index is 0.343. The van der Waals surface area contributed by atoms with Crippen LogP contribution in [0.15, 0.2) is 46.0 Å². The van der Waals surface area contributed by atoms with Crippen LogP contribution in [0.4, 0.5) is 0 Å². The van der Waals surface area contributed by atoms with Crippen LogP contribution in [0.2, 0.25) is 5.02 Å². The van der Waals surface area contributed by atoms with Gasteiger partial charge in [0.1, 0.15) is 0 Å². The van der Waals surface area contributed by atoms with Gasteiger partial charge in [-0.15, -0.1) is 10.2 Å². The first-order valence-corrected chi connectivity index (χ1v) is 10.7. The highest BCUT2D eigenvalue weighted by molar-refractivity contribution is 7.98. The van der Waals surface area contributed by atoms with Crippen molar-refractivity contribution in [3.05, 3.63) is 52.7 Å². The Balaban J connectivity index is 1.58. The Bertz CT molecular complexity index is 1220. The summed E-state index contributed by atoms with van der Waals surface area (Å²) in [7, 11) is 4.66. The summed E-state index contributed by atoms with van der Waals surface area (Å²) in [6.07, 6.45) is 0. The zero-order valence-corrected chi connectivity index (χ0v) is 19.0. The number of pyridine rings is 1. The van der Waals surface area contributed by atoms with Crippen molar-refractivity contribution in [2.75, 3.05) is 21.3 Å². The molecule has 4 aromatic rings. The third kappa shape index (κ3) is 4.13. The number of nitrogens with zero attached hydrogens (tertiary/aromatic N) is 3. The summed E-state index contributed by atoms with van der Waals surface area (Å²) in [5, 5.41) is 10.4. The van der Waals surface area contributed by atoms with E-state index in [1.165, 1.54) is 11.8 Å². The maximum atomic E-state index is 6.55. The smallest absolute Gasteiger partial charge is 0.277 e.